The predicted octanol–water partition coefficient (Wildman–Crippen LogP) is 5.53. The largest absolute Gasteiger partial charge is 0.353 e. The third-order valence-corrected chi connectivity index (χ3v) is 7.24. The molecule has 32 heavy (non-hydrogen) atoms. The fourth-order valence-electron chi connectivity index (χ4n) is 5.09. The minimum Gasteiger partial charge on any atom is -0.353 e. The molecule has 1 saturated carbocycles. The van der Waals surface area contributed by atoms with E-state index in [0.29, 0.717) is 18.8 Å². The van der Waals surface area contributed by atoms with E-state index in [1.807, 2.05) is 27.7 Å². The van der Waals surface area contributed by atoms with Crippen molar-refractivity contribution in [3.8, 4) is 0 Å². The molecule has 0 aromatic heterocycles. The molecule has 0 saturated heterocycles. The second kappa shape index (κ2) is 14.5. The number of hydrogen-bond donors (Lipinski definition) is 1. The van der Waals surface area contributed by atoms with E-state index in [2.05, 4.69) is 11.9 Å². The molecule has 1 aliphatic rings. The van der Waals surface area contributed by atoms with Crippen molar-refractivity contribution in [1.82, 2.24) is 10.2 Å². The van der Waals surface area contributed by atoms with Crippen molar-refractivity contribution in [2.24, 2.45) is 23.7 Å². The molecular weight excluding hydrogens is 400 g/mol. The molecule has 184 valence electrons. The summed E-state index contributed by atoms with van der Waals surface area (Å²) >= 11 is 0. The Labute approximate surface area is 196 Å². The highest BCUT2D eigenvalue weighted by Gasteiger charge is 2.32. The average molecular weight is 449 g/mol. The van der Waals surface area contributed by atoms with Gasteiger partial charge in [-0.3, -0.25) is 14.4 Å². The number of nitrogens with zero attached hydrogens (tertiary/aromatic N) is 1. The van der Waals surface area contributed by atoms with Crippen LogP contribution in [-0.4, -0.2) is 41.6 Å². The van der Waals surface area contributed by atoms with Crippen molar-refractivity contribution < 1.29 is 14.4 Å². The van der Waals surface area contributed by atoms with Crippen LogP contribution in [0.4, 0.5) is 0 Å². The second-order valence-electron chi connectivity index (χ2n) is 10.3. The molecule has 0 radical (unpaired) electrons. The van der Waals surface area contributed by atoms with Crippen LogP contribution >= 0.6 is 0 Å². The zero-order valence-electron chi connectivity index (χ0n) is 21.5. The maximum absolute atomic E-state index is 13.4. The van der Waals surface area contributed by atoms with Gasteiger partial charge in [0.2, 0.25) is 11.8 Å². The molecule has 1 aliphatic carbocycles. The molecule has 5 heteroatoms. The number of ketones is 1. The van der Waals surface area contributed by atoms with Gasteiger partial charge in [0.1, 0.15) is 0 Å². The molecule has 0 bridgehead atoms. The molecule has 0 aliphatic heterocycles. The van der Waals surface area contributed by atoms with Crippen LogP contribution in [0.15, 0.2) is 12.7 Å². The lowest BCUT2D eigenvalue weighted by molar-refractivity contribution is -0.142. The van der Waals surface area contributed by atoms with Crippen molar-refractivity contribution in [3.05, 3.63) is 12.7 Å². The molecule has 1 fully saturated rings. The fraction of sp³-hybridized carbons (Fsp3) is 0.815. The van der Waals surface area contributed by atoms with E-state index in [9.17, 15) is 14.4 Å². The first-order chi connectivity index (χ1) is 15.1. The first-order valence-corrected chi connectivity index (χ1v) is 12.8. The number of carbonyl (C=O) groups excluding carboxylic acids is 3. The van der Waals surface area contributed by atoms with Crippen LogP contribution in [0.5, 0.6) is 0 Å². The first-order valence-electron chi connectivity index (χ1n) is 12.8. The molecule has 4 atom stereocenters. The van der Waals surface area contributed by atoms with Crippen LogP contribution in [0.2, 0.25) is 0 Å². The summed E-state index contributed by atoms with van der Waals surface area (Å²) in [5, 5.41) is 3.25. The topological polar surface area (TPSA) is 66.5 Å². The van der Waals surface area contributed by atoms with Gasteiger partial charge in [0.05, 0.1) is 6.04 Å². The highest BCUT2D eigenvalue weighted by atomic mass is 16.2. The second-order valence-corrected chi connectivity index (χ2v) is 10.3. The normalized spacial score (nSPS) is 18.5. The molecular formula is C27H48N2O3. The van der Waals surface area contributed by atoms with Gasteiger partial charge in [-0.1, -0.05) is 72.3 Å². The minimum atomic E-state index is -0.390. The van der Waals surface area contributed by atoms with Gasteiger partial charge in [-0.25, -0.2) is 0 Å². The van der Waals surface area contributed by atoms with Gasteiger partial charge in [0.25, 0.3) is 0 Å². The van der Waals surface area contributed by atoms with Crippen LogP contribution in [0.1, 0.15) is 98.8 Å². The minimum absolute atomic E-state index is 0.0111. The number of amides is 2. The highest BCUT2D eigenvalue weighted by molar-refractivity contribution is 5.88. The summed E-state index contributed by atoms with van der Waals surface area (Å²) in [6.07, 6.45) is 12.0. The van der Waals surface area contributed by atoms with E-state index in [0.717, 1.165) is 19.3 Å². The SMILES string of the molecule is C=CCC(CC[C@H](CC1CCCCC1)NC(=O)C(C)C)C(=O)N(C)C(C(C)=O)[C@H](C)CC. The first kappa shape index (κ1) is 28.4. The maximum Gasteiger partial charge on any atom is 0.226 e. The monoisotopic (exact) mass is 448 g/mol. The summed E-state index contributed by atoms with van der Waals surface area (Å²) in [4.78, 5) is 39.8. The van der Waals surface area contributed by atoms with Crippen molar-refractivity contribution in [2.75, 3.05) is 7.05 Å². The molecule has 2 amide bonds. The molecule has 5 nitrogen and oxygen atoms in total. The number of rotatable bonds is 14. The molecule has 1 N–H and O–H groups in total. The zero-order valence-corrected chi connectivity index (χ0v) is 21.5. The Balaban J connectivity index is 2.89. The Morgan fingerprint density at radius 1 is 1.09 bits per heavy atom. The van der Waals surface area contributed by atoms with Gasteiger partial charge in [0.15, 0.2) is 5.78 Å². The molecule has 0 aromatic carbocycles. The zero-order chi connectivity index (χ0) is 24.3. The third kappa shape index (κ3) is 9.07. The number of allylic oxidation sites excluding steroid dienone is 1. The Bertz CT molecular complexity index is 610. The number of carbonyl (C=O) groups is 3. The van der Waals surface area contributed by atoms with Gasteiger partial charge < -0.3 is 10.2 Å². The standard InChI is InChI=1S/C27H48N2O3/c1-8-13-23(27(32)29(7)25(21(6)30)20(5)9-2)16-17-24(28-26(31)19(3)4)18-22-14-11-10-12-15-22/h8,19-20,22-25H,1,9-18H2,2-7H3,(H,28,31)/t20-,23?,24-,25?/m1/s1. The van der Waals surface area contributed by atoms with Crippen LogP contribution < -0.4 is 5.32 Å². The van der Waals surface area contributed by atoms with Crippen LogP contribution in [0.25, 0.3) is 0 Å². The van der Waals surface area contributed by atoms with Gasteiger partial charge in [-0.2, -0.15) is 0 Å². The van der Waals surface area contributed by atoms with Gasteiger partial charge in [-0.05, 0) is 44.4 Å². The summed E-state index contributed by atoms with van der Waals surface area (Å²) in [7, 11) is 1.76. The van der Waals surface area contributed by atoms with E-state index in [1.54, 1.807) is 24.9 Å². The smallest absolute Gasteiger partial charge is 0.226 e. The lowest BCUT2D eigenvalue weighted by Crippen LogP contribution is -2.48. The Morgan fingerprint density at radius 2 is 1.72 bits per heavy atom. The third-order valence-electron chi connectivity index (χ3n) is 7.24. The number of Topliss-reactive ketones (excluding diaryl/α,β-unsaturated/α-hetero) is 1. The van der Waals surface area contributed by atoms with Gasteiger partial charge in [-0.15, -0.1) is 6.58 Å². The van der Waals surface area contributed by atoms with E-state index < -0.39 is 6.04 Å². The quantitative estimate of drug-likeness (QED) is 0.355. The fourth-order valence-corrected chi connectivity index (χ4v) is 5.09. The van der Waals surface area contributed by atoms with E-state index >= 15 is 0 Å². The lowest BCUT2D eigenvalue weighted by Gasteiger charge is -2.34. The van der Waals surface area contributed by atoms with Crippen molar-refractivity contribution in [3.63, 3.8) is 0 Å². The summed E-state index contributed by atoms with van der Waals surface area (Å²) in [5.41, 5.74) is 0. The number of hydrogen-bond acceptors (Lipinski definition) is 3. The average Bonchev–Trinajstić information content (AvgIpc) is 2.76. The Hall–Kier alpha value is -1.65. The van der Waals surface area contributed by atoms with Crippen molar-refractivity contribution >= 4 is 17.6 Å². The van der Waals surface area contributed by atoms with E-state index in [-0.39, 0.29) is 41.4 Å². The summed E-state index contributed by atoms with van der Waals surface area (Å²) in [5.74, 6) is 0.646. The number of nitrogens with one attached hydrogen (secondary N) is 1. The predicted molar refractivity (Wildman–Crippen MR) is 132 cm³/mol. The highest BCUT2D eigenvalue weighted by Crippen LogP contribution is 2.29. The summed E-state index contributed by atoms with van der Waals surface area (Å²) in [6, 6.07) is -0.296. The van der Waals surface area contributed by atoms with E-state index in [4.69, 9.17) is 0 Å². The molecule has 1 rings (SSSR count). The Kier molecular flexibility index (Phi) is 12.9. The van der Waals surface area contributed by atoms with Gasteiger partial charge in [0, 0.05) is 24.9 Å². The van der Waals surface area contributed by atoms with Gasteiger partial charge >= 0.3 is 0 Å². The maximum atomic E-state index is 13.4. The molecule has 0 aromatic rings. The summed E-state index contributed by atoms with van der Waals surface area (Å²) in [6.45, 7) is 13.3. The molecule has 0 spiro atoms. The van der Waals surface area contributed by atoms with Crippen LogP contribution in [0, 0.1) is 23.7 Å². The van der Waals surface area contributed by atoms with E-state index in [1.165, 1.54) is 32.1 Å². The van der Waals surface area contributed by atoms with Crippen molar-refractivity contribution in [1.29, 1.82) is 0 Å². The number of likely N-dealkylation sites (N-methyl/N-ethyl adjacent to an activating group) is 1. The molecule has 2 unspecified atom stereocenters. The summed E-state index contributed by atoms with van der Waals surface area (Å²) < 4.78 is 0. The lowest BCUT2D eigenvalue weighted by atomic mass is 9.83. The van der Waals surface area contributed by atoms with Crippen molar-refractivity contribution in [2.45, 2.75) is 111 Å². The van der Waals surface area contributed by atoms with Crippen LogP contribution in [-0.2, 0) is 14.4 Å². The molecule has 0 heterocycles. The Morgan fingerprint density at radius 3 is 2.22 bits per heavy atom. The van der Waals surface area contributed by atoms with Crippen LogP contribution in [0.3, 0.4) is 0 Å².